The normalized spacial score (nSPS) is 11.6. The molecule has 0 saturated heterocycles. The molecular formula is C24H17N3O2S. The zero-order chi connectivity index (χ0) is 20.5. The second kappa shape index (κ2) is 7.65. The van der Waals surface area contributed by atoms with Crippen molar-refractivity contribution in [3.8, 4) is 11.6 Å². The van der Waals surface area contributed by atoms with Crippen molar-refractivity contribution >= 4 is 39.8 Å². The molecule has 0 aliphatic carbocycles. The molecule has 0 unspecified atom stereocenters. The van der Waals surface area contributed by atoms with Crippen LogP contribution in [0.5, 0.6) is 0 Å². The zero-order valence-electron chi connectivity index (χ0n) is 16.1. The van der Waals surface area contributed by atoms with E-state index in [0.717, 1.165) is 16.5 Å². The maximum atomic E-state index is 13.2. The maximum absolute atomic E-state index is 13.2. The molecule has 6 heteroatoms. The van der Waals surface area contributed by atoms with E-state index in [1.54, 1.807) is 24.0 Å². The number of nitrogens with zero attached hydrogens (tertiary/aromatic N) is 3. The minimum atomic E-state index is -0.243. The van der Waals surface area contributed by atoms with Gasteiger partial charge in [0.15, 0.2) is 5.76 Å². The third kappa shape index (κ3) is 3.31. The summed E-state index contributed by atoms with van der Waals surface area (Å²) in [5.41, 5.74) is 1.99. The van der Waals surface area contributed by atoms with Crippen LogP contribution in [0.3, 0.4) is 0 Å². The molecule has 5 rings (SSSR count). The van der Waals surface area contributed by atoms with Gasteiger partial charge in [-0.1, -0.05) is 42.5 Å². The number of rotatable bonds is 4. The molecule has 30 heavy (non-hydrogen) atoms. The number of thioether (sulfide) groups is 1. The average molecular weight is 411 g/mol. The molecule has 2 aromatic heterocycles. The first-order valence-electron chi connectivity index (χ1n) is 9.42. The van der Waals surface area contributed by atoms with Gasteiger partial charge in [-0.3, -0.25) is 4.79 Å². The first-order chi connectivity index (χ1) is 14.7. The topological polar surface area (TPSA) is 60.4 Å². The number of hydrogen-bond acceptors (Lipinski definition) is 5. The molecule has 5 nitrogen and oxygen atoms in total. The standard InChI is InChI=1S/C24H17N3O2S/c1-30-18-12-10-16(11-13-18)15-25-27-23(22-14-17-6-2-5-9-21(17)29-22)26-20-8-4-3-7-19(20)24(27)28/h2-15H,1H3. The smallest absolute Gasteiger partial charge is 0.282 e. The summed E-state index contributed by atoms with van der Waals surface area (Å²) in [6.45, 7) is 0. The van der Waals surface area contributed by atoms with Crippen LogP contribution in [0.2, 0.25) is 0 Å². The second-order valence-electron chi connectivity index (χ2n) is 6.74. The highest BCUT2D eigenvalue weighted by Gasteiger charge is 2.16. The Morgan fingerprint density at radius 2 is 1.77 bits per heavy atom. The van der Waals surface area contributed by atoms with E-state index in [9.17, 15) is 4.79 Å². The largest absolute Gasteiger partial charge is 0.453 e. The lowest BCUT2D eigenvalue weighted by Crippen LogP contribution is -2.20. The lowest BCUT2D eigenvalue weighted by Gasteiger charge is -2.07. The molecule has 0 aliphatic heterocycles. The molecule has 0 atom stereocenters. The van der Waals surface area contributed by atoms with Crippen LogP contribution < -0.4 is 5.56 Å². The summed E-state index contributed by atoms with van der Waals surface area (Å²) in [4.78, 5) is 19.1. The number of para-hydroxylation sites is 2. The Labute approximate surface area is 176 Å². The van der Waals surface area contributed by atoms with E-state index in [1.807, 2.05) is 79.1 Å². The molecule has 0 fully saturated rings. The molecule has 3 aromatic carbocycles. The molecule has 0 bridgehead atoms. The van der Waals surface area contributed by atoms with Gasteiger partial charge in [0.25, 0.3) is 5.56 Å². The van der Waals surface area contributed by atoms with Crippen LogP contribution in [-0.4, -0.2) is 22.1 Å². The predicted molar refractivity (Wildman–Crippen MR) is 122 cm³/mol. The van der Waals surface area contributed by atoms with Crippen LogP contribution in [0.1, 0.15) is 5.56 Å². The van der Waals surface area contributed by atoms with Gasteiger partial charge in [-0.2, -0.15) is 9.78 Å². The minimum Gasteiger partial charge on any atom is -0.453 e. The van der Waals surface area contributed by atoms with Gasteiger partial charge in [-0.25, -0.2) is 4.98 Å². The van der Waals surface area contributed by atoms with E-state index in [-0.39, 0.29) is 5.56 Å². The van der Waals surface area contributed by atoms with Crippen LogP contribution in [0.15, 0.2) is 98.1 Å². The van der Waals surface area contributed by atoms with E-state index in [0.29, 0.717) is 22.5 Å². The van der Waals surface area contributed by atoms with Gasteiger partial charge < -0.3 is 4.42 Å². The summed E-state index contributed by atoms with van der Waals surface area (Å²) in [5.74, 6) is 0.862. The molecule has 2 heterocycles. The highest BCUT2D eigenvalue weighted by molar-refractivity contribution is 7.98. The third-order valence-electron chi connectivity index (χ3n) is 4.84. The van der Waals surface area contributed by atoms with Crippen LogP contribution >= 0.6 is 11.8 Å². The van der Waals surface area contributed by atoms with E-state index >= 15 is 0 Å². The summed E-state index contributed by atoms with van der Waals surface area (Å²) in [7, 11) is 0. The van der Waals surface area contributed by atoms with Crippen LogP contribution in [-0.2, 0) is 0 Å². The van der Waals surface area contributed by atoms with E-state index in [1.165, 1.54) is 9.57 Å². The molecule has 0 N–H and O–H groups in total. The Bertz CT molecular complexity index is 1420. The van der Waals surface area contributed by atoms with Gasteiger partial charge in [0.1, 0.15) is 5.58 Å². The molecule has 0 saturated carbocycles. The predicted octanol–water partition coefficient (Wildman–Crippen LogP) is 5.41. The fourth-order valence-electron chi connectivity index (χ4n) is 3.30. The summed E-state index contributed by atoms with van der Waals surface area (Å²) >= 11 is 1.68. The average Bonchev–Trinajstić information content (AvgIpc) is 3.23. The fraction of sp³-hybridized carbons (Fsp3) is 0.0417. The first-order valence-corrected chi connectivity index (χ1v) is 10.6. The molecule has 0 radical (unpaired) electrons. The van der Waals surface area contributed by atoms with Crippen molar-refractivity contribution in [1.82, 2.24) is 9.66 Å². The lowest BCUT2D eigenvalue weighted by molar-refractivity contribution is 0.616. The Balaban J connectivity index is 1.70. The summed E-state index contributed by atoms with van der Waals surface area (Å²) in [6.07, 6.45) is 3.69. The highest BCUT2D eigenvalue weighted by atomic mass is 32.2. The molecule has 5 aromatic rings. The minimum absolute atomic E-state index is 0.243. The molecule has 0 amide bonds. The second-order valence-corrected chi connectivity index (χ2v) is 7.62. The Kier molecular flexibility index (Phi) is 4.69. The molecular weight excluding hydrogens is 394 g/mol. The Morgan fingerprint density at radius 3 is 2.57 bits per heavy atom. The quantitative estimate of drug-likeness (QED) is 0.293. The van der Waals surface area contributed by atoms with Gasteiger partial charge in [0.2, 0.25) is 5.82 Å². The van der Waals surface area contributed by atoms with Crippen LogP contribution in [0.4, 0.5) is 0 Å². The summed E-state index contributed by atoms with van der Waals surface area (Å²) < 4.78 is 7.29. The van der Waals surface area contributed by atoms with Crippen molar-refractivity contribution in [2.75, 3.05) is 6.26 Å². The maximum Gasteiger partial charge on any atom is 0.282 e. The Hall–Kier alpha value is -3.64. The fourth-order valence-corrected chi connectivity index (χ4v) is 3.71. The van der Waals surface area contributed by atoms with Crippen molar-refractivity contribution < 1.29 is 4.42 Å². The van der Waals surface area contributed by atoms with Gasteiger partial charge in [0, 0.05) is 10.3 Å². The molecule has 146 valence electrons. The number of hydrogen-bond donors (Lipinski definition) is 0. The SMILES string of the molecule is CSc1ccc(C=Nn2c(-c3cc4ccccc4o3)nc3ccccc3c2=O)cc1. The van der Waals surface area contributed by atoms with E-state index in [2.05, 4.69) is 5.10 Å². The molecule has 0 aliphatic rings. The number of benzene rings is 3. The van der Waals surface area contributed by atoms with Crippen molar-refractivity contribution in [3.63, 3.8) is 0 Å². The van der Waals surface area contributed by atoms with Crippen molar-refractivity contribution in [2.24, 2.45) is 5.10 Å². The van der Waals surface area contributed by atoms with Crippen molar-refractivity contribution in [1.29, 1.82) is 0 Å². The number of furan rings is 1. The van der Waals surface area contributed by atoms with Crippen molar-refractivity contribution in [3.05, 3.63) is 94.8 Å². The number of aromatic nitrogens is 2. The van der Waals surface area contributed by atoms with Gasteiger partial charge >= 0.3 is 0 Å². The van der Waals surface area contributed by atoms with Crippen molar-refractivity contribution in [2.45, 2.75) is 4.90 Å². The van der Waals surface area contributed by atoms with Crippen LogP contribution in [0.25, 0.3) is 33.5 Å². The first kappa shape index (κ1) is 18.4. The number of fused-ring (bicyclic) bond motifs is 2. The van der Waals surface area contributed by atoms with E-state index < -0.39 is 0 Å². The summed E-state index contributed by atoms with van der Waals surface area (Å²) in [5, 5.41) is 5.93. The summed E-state index contributed by atoms with van der Waals surface area (Å²) in [6, 6.07) is 24.8. The Morgan fingerprint density at radius 1 is 1.00 bits per heavy atom. The zero-order valence-corrected chi connectivity index (χ0v) is 17.0. The van der Waals surface area contributed by atoms with E-state index in [4.69, 9.17) is 9.40 Å². The van der Waals surface area contributed by atoms with Gasteiger partial charge in [0.05, 0.1) is 17.1 Å². The van der Waals surface area contributed by atoms with Crippen LogP contribution in [0, 0.1) is 0 Å². The third-order valence-corrected chi connectivity index (χ3v) is 5.58. The lowest BCUT2D eigenvalue weighted by atomic mass is 10.2. The van der Waals surface area contributed by atoms with Gasteiger partial charge in [-0.15, -0.1) is 11.8 Å². The molecule has 0 spiro atoms. The monoisotopic (exact) mass is 411 g/mol. The highest BCUT2D eigenvalue weighted by Crippen LogP contribution is 2.27. The van der Waals surface area contributed by atoms with Gasteiger partial charge in [-0.05, 0) is 48.2 Å².